The maximum atomic E-state index is 11.9. The molecule has 2 N–H and O–H groups in total. The van der Waals surface area contributed by atoms with Crippen molar-refractivity contribution in [2.24, 2.45) is 0 Å². The molecule has 1 aliphatic rings. The number of nitrogens with one attached hydrogen (secondary N) is 2. The molecule has 1 atom stereocenters. The molecule has 134 valence electrons. The summed E-state index contributed by atoms with van der Waals surface area (Å²) in [5.74, 6) is 1.18. The van der Waals surface area contributed by atoms with Gasteiger partial charge in [-0.2, -0.15) is 0 Å². The van der Waals surface area contributed by atoms with E-state index in [0.29, 0.717) is 19.0 Å². The number of carbonyl (C=O) groups is 1. The first-order chi connectivity index (χ1) is 10.8. The Morgan fingerprint density at radius 2 is 2.17 bits per heavy atom. The number of amides is 1. The lowest BCUT2D eigenvalue weighted by Crippen LogP contribution is -2.33. The minimum atomic E-state index is 0. The fraction of sp³-hybridized carbons (Fsp3) is 0.529. The minimum Gasteiger partial charge on any atom is -0.356 e. The van der Waals surface area contributed by atoms with Gasteiger partial charge in [0.05, 0.1) is 11.0 Å². The van der Waals surface area contributed by atoms with Gasteiger partial charge in [-0.15, -0.1) is 24.8 Å². The summed E-state index contributed by atoms with van der Waals surface area (Å²) in [6.45, 7) is 4.71. The Bertz CT molecular complexity index is 653. The number of halogens is 2. The molecular formula is C17H26Cl2N4O. The summed E-state index contributed by atoms with van der Waals surface area (Å²) < 4.78 is 2.22. The predicted octanol–water partition coefficient (Wildman–Crippen LogP) is 2.70. The third kappa shape index (κ3) is 4.85. The number of benzene rings is 1. The molecular weight excluding hydrogens is 347 g/mol. The molecule has 0 aliphatic carbocycles. The molecule has 5 nitrogen and oxygen atoms in total. The van der Waals surface area contributed by atoms with Gasteiger partial charge in [0.15, 0.2) is 0 Å². The first kappa shape index (κ1) is 20.7. The van der Waals surface area contributed by atoms with Gasteiger partial charge in [0.2, 0.25) is 5.91 Å². The van der Waals surface area contributed by atoms with Crippen LogP contribution in [0.25, 0.3) is 11.0 Å². The van der Waals surface area contributed by atoms with Crippen LogP contribution in [0.3, 0.4) is 0 Å². The molecule has 2 aromatic rings. The fourth-order valence-corrected chi connectivity index (χ4v) is 3.21. The zero-order chi connectivity index (χ0) is 15.4. The van der Waals surface area contributed by atoms with Gasteiger partial charge in [-0.1, -0.05) is 12.1 Å². The molecule has 1 aliphatic heterocycles. The van der Waals surface area contributed by atoms with E-state index < -0.39 is 0 Å². The van der Waals surface area contributed by atoms with Gasteiger partial charge in [-0.05, 0) is 38.4 Å². The van der Waals surface area contributed by atoms with Gasteiger partial charge in [-0.3, -0.25) is 4.79 Å². The summed E-state index contributed by atoms with van der Waals surface area (Å²) in [6.07, 6.45) is 3.65. The number of hydrogen-bond donors (Lipinski definition) is 2. The van der Waals surface area contributed by atoms with Crippen LogP contribution in [0.4, 0.5) is 0 Å². The summed E-state index contributed by atoms with van der Waals surface area (Å²) in [6, 6.07) is 8.54. The van der Waals surface area contributed by atoms with Crippen molar-refractivity contribution < 1.29 is 4.79 Å². The predicted molar refractivity (Wildman–Crippen MR) is 102 cm³/mol. The second-order valence-corrected chi connectivity index (χ2v) is 5.86. The fourth-order valence-electron chi connectivity index (χ4n) is 3.21. The van der Waals surface area contributed by atoms with Gasteiger partial charge in [-0.25, -0.2) is 4.98 Å². The van der Waals surface area contributed by atoms with Gasteiger partial charge in [0, 0.05) is 32.0 Å². The number of aryl methyl sites for hydroxylation is 1. The van der Waals surface area contributed by atoms with Crippen molar-refractivity contribution in [3.05, 3.63) is 30.1 Å². The zero-order valence-corrected chi connectivity index (χ0v) is 15.6. The summed E-state index contributed by atoms with van der Waals surface area (Å²) >= 11 is 0. The smallest absolute Gasteiger partial charge is 0.221 e. The van der Waals surface area contributed by atoms with Crippen molar-refractivity contribution >= 4 is 41.8 Å². The van der Waals surface area contributed by atoms with Crippen molar-refractivity contribution in [2.75, 3.05) is 13.1 Å². The molecule has 24 heavy (non-hydrogen) atoms. The highest BCUT2D eigenvalue weighted by molar-refractivity contribution is 5.85. The Balaban J connectivity index is 0.00000144. The number of hydrogen-bond acceptors (Lipinski definition) is 3. The van der Waals surface area contributed by atoms with Crippen molar-refractivity contribution in [1.29, 1.82) is 0 Å². The van der Waals surface area contributed by atoms with Crippen molar-refractivity contribution in [3.63, 3.8) is 0 Å². The second-order valence-electron chi connectivity index (χ2n) is 5.86. The van der Waals surface area contributed by atoms with Gasteiger partial charge >= 0.3 is 0 Å². The molecule has 1 fully saturated rings. The molecule has 0 radical (unpaired) electrons. The molecule has 0 spiro atoms. The Kier molecular flexibility index (Phi) is 8.53. The Morgan fingerprint density at radius 1 is 1.38 bits per heavy atom. The van der Waals surface area contributed by atoms with E-state index in [1.807, 2.05) is 18.2 Å². The number of para-hydroxylation sites is 2. The van der Waals surface area contributed by atoms with E-state index >= 15 is 0 Å². The highest BCUT2D eigenvalue weighted by Gasteiger charge is 2.17. The topological polar surface area (TPSA) is 59.0 Å². The van der Waals surface area contributed by atoms with E-state index in [-0.39, 0.29) is 30.7 Å². The first-order valence-electron chi connectivity index (χ1n) is 8.22. The summed E-state index contributed by atoms with van der Waals surface area (Å²) in [5.41, 5.74) is 2.20. The Morgan fingerprint density at radius 3 is 2.88 bits per heavy atom. The minimum absolute atomic E-state index is 0. The van der Waals surface area contributed by atoms with Gasteiger partial charge in [0.25, 0.3) is 0 Å². The lowest BCUT2D eigenvalue weighted by Gasteiger charge is -2.11. The Labute approximate surface area is 155 Å². The number of rotatable bonds is 6. The van der Waals surface area contributed by atoms with Crippen LogP contribution in [0, 0.1) is 0 Å². The zero-order valence-electron chi connectivity index (χ0n) is 14.0. The SMILES string of the molecule is CCn1c(CCNC(=O)CC2CCCN2)nc2ccccc21.Cl.Cl. The molecule has 1 amide bonds. The van der Waals surface area contributed by atoms with E-state index in [9.17, 15) is 4.79 Å². The maximum Gasteiger partial charge on any atom is 0.221 e. The Hall–Kier alpha value is -1.30. The normalized spacial score (nSPS) is 16.5. The van der Waals surface area contributed by atoms with Gasteiger partial charge in [0.1, 0.15) is 5.82 Å². The van der Waals surface area contributed by atoms with Gasteiger partial charge < -0.3 is 15.2 Å². The molecule has 7 heteroatoms. The van der Waals surface area contributed by atoms with E-state index in [2.05, 4.69) is 33.2 Å². The summed E-state index contributed by atoms with van der Waals surface area (Å²) in [5, 5.41) is 6.38. The molecule has 0 bridgehead atoms. The third-order valence-corrected chi connectivity index (χ3v) is 4.31. The quantitative estimate of drug-likeness (QED) is 0.819. The number of fused-ring (bicyclic) bond motifs is 1. The molecule has 2 heterocycles. The molecule has 3 rings (SSSR count). The summed E-state index contributed by atoms with van der Waals surface area (Å²) in [4.78, 5) is 16.6. The average Bonchev–Trinajstić information content (AvgIpc) is 3.14. The summed E-state index contributed by atoms with van der Waals surface area (Å²) in [7, 11) is 0. The molecule has 1 saturated heterocycles. The van der Waals surface area contributed by atoms with Crippen molar-refractivity contribution in [1.82, 2.24) is 20.2 Å². The lowest BCUT2D eigenvalue weighted by atomic mass is 10.1. The van der Waals surface area contributed by atoms with E-state index in [0.717, 1.165) is 37.3 Å². The van der Waals surface area contributed by atoms with E-state index in [1.54, 1.807) is 0 Å². The highest BCUT2D eigenvalue weighted by Crippen LogP contribution is 2.16. The molecule has 1 unspecified atom stereocenters. The van der Waals surface area contributed by atoms with Crippen molar-refractivity contribution in [3.8, 4) is 0 Å². The van der Waals surface area contributed by atoms with Crippen LogP contribution < -0.4 is 10.6 Å². The largest absolute Gasteiger partial charge is 0.356 e. The lowest BCUT2D eigenvalue weighted by molar-refractivity contribution is -0.121. The van der Waals surface area contributed by atoms with Crippen LogP contribution in [-0.2, 0) is 17.8 Å². The maximum absolute atomic E-state index is 11.9. The highest BCUT2D eigenvalue weighted by atomic mass is 35.5. The molecule has 0 saturated carbocycles. The first-order valence-corrected chi connectivity index (χ1v) is 8.22. The monoisotopic (exact) mass is 372 g/mol. The van der Waals surface area contributed by atoms with E-state index in [1.165, 1.54) is 11.9 Å². The molecule has 1 aromatic heterocycles. The number of imidazole rings is 1. The standard InChI is InChI=1S/C17H24N4O.2ClH/c1-2-21-15-8-4-3-7-14(15)20-16(21)9-11-19-17(22)12-13-6-5-10-18-13;;/h3-4,7-8,13,18H,2,5-6,9-12H2,1H3,(H,19,22);2*1H. The van der Waals surface area contributed by atoms with Crippen LogP contribution in [0.2, 0.25) is 0 Å². The van der Waals surface area contributed by atoms with Crippen LogP contribution in [-0.4, -0.2) is 34.6 Å². The van der Waals surface area contributed by atoms with Crippen LogP contribution >= 0.6 is 24.8 Å². The van der Waals surface area contributed by atoms with Crippen LogP contribution in [0.5, 0.6) is 0 Å². The second kappa shape index (κ2) is 9.87. The number of nitrogens with zero attached hydrogens (tertiary/aromatic N) is 2. The number of carbonyl (C=O) groups excluding carboxylic acids is 1. The van der Waals surface area contributed by atoms with Crippen LogP contribution in [0.1, 0.15) is 32.0 Å². The van der Waals surface area contributed by atoms with Crippen LogP contribution in [0.15, 0.2) is 24.3 Å². The van der Waals surface area contributed by atoms with E-state index in [4.69, 9.17) is 0 Å². The molecule has 1 aromatic carbocycles. The number of aromatic nitrogens is 2. The third-order valence-electron chi connectivity index (χ3n) is 4.31. The van der Waals surface area contributed by atoms with Crippen molar-refractivity contribution in [2.45, 2.75) is 45.2 Å². The average molecular weight is 373 g/mol.